The molecule has 0 aliphatic heterocycles. The van der Waals surface area contributed by atoms with Gasteiger partial charge >= 0.3 is 0 Å². The van der Waals surface area contributed by atoms with Crippen molar-refractivity contribution >= 4 is 39.1 Å². The molecule has 4 rings (SSSR count). The van der Waals surface area contributed by atoms with Gasteiger partial charge in [-0.15, -0.1) is 0 Å². The average molecular weight is 457 g/mol. The zero-order valence-electron chi connectivity index (χ0n) is 15.9. The molecule has 0 saturated carbocycles. The van der Waals surface area contributed by atoms with Gasteiger partial charge in [-0.25, -0.2) is 0 Å². The third-order valence-corrected chi connectivity index (χ3v) is 10.3. The lowest BCUT2D eigenvalue weighted by Crippen LogP contribution is -2.32. The van der Waals surface area contributed by atoms with Crippen LogP contribution < -0.4 is 15.9 Å². The van der Waals surface area contributed by atoms with Crippen LogP contribution in [0.4, 0.5) is 0 Å². The van der Waals surface area contributed by atoms with E-state index in [2.05, 4.69) is 113 Å². The monoisotopic (exact) mass is 456 g/mol. The molecule has 0 fully saturated rings. The summed E-state index contributed by atoms with van der Waals surface area (Å²) in [5, 5.41) is 13.5. The van der Waals surface area contributed by atoms with E-state index < -0.39 is 7.26 Å². The fourth-order valence-electron chi connectivity index (χ4n) is 3.79. The van der Waals surface area contributed by atoms with E-state index in [1.807, 2.05) is 18.2 Å². The van der Waals surface area contributed by atoms with E-state index in [1.165, 1.54) is 15.9 Å². The number of hydrogen-bond acceptors (Lipinski definition) is 1. The summed E-state index contributed by atoms with van der Waals surface area (Å²) in [4.78, 5) is 0. The Morgan fingerprint density at radius 2 is 1.10 bits per heavy atom. The highest BCUT2D eigenvalue weighted by Crippen LogP contribution is 2.58. The molecule has 4 aromatic carbocycles. The van der Waals surface area contributed by atoms with Crippen molar-refractivity contribution in [1.82, 2.24) is 0 Å². The Hall–Kier alpha value is -2.72. The minimum absolute atomic E-state index is 0.690. The van der Waals surface area contributed by atoms with E-state index in [0.717, 1.165) is 16.2 Å². The molecule has 0 N–H and O–H groups in total. The molecule has 140 valence electrons. The summed E-state index contributed by atoms with van der Waals surface area (Å²) in [5.74, 6) is 0. The number of halogens is 1. The molecular weight excluding hydrogens is 437 g/mol. The van der Waals surface area contributed by atoms with E-state index in [4.69, 9.17) is 0 Å². The first-order valence-corrected chi connectivity index (χ1v) is 12.2. The molecule has 0 unspecified atom stereocenters. The maximum absolute atomic E-state index is 9.45. The number of benzene rings is 4. The number of rotatable bonds is 5. The molecule has 1 nitrogen and oxygen atoms in total. The molecular formula is C26H20BrNP+. The van der Waals surface area contributed by atoms with Gasteiger partial charge in [-0.1, -0.05) is 70.5 Å². The van der Waals surface area contributed by atoms with Gasteiger partial charge in [0.25, 0.3) is 0 Å². The standard InChI is InChI=1S/C26H20BrNP/c27-26-17-16-21(19-28)18-22(26)20-29(23-10-4-1-5-11-23,24-12-6-2-7-13-24)25-14-8-3-9-15-25/h1-18H,20H2/q+1. The Morgan fingerprint density at radius 1 is 0.655 bits per heavy atom. The van der Waals surface area contributed by atoms with Crippen LogP contribution in [0.15, 0.2) is 114 Å². The fourth-order valence-corrected chi connectivity index (χ4v) is 8.65. The van der Waals surface area contributed by atoms with Crippen LogP contribution in [0, 0.1) is 11.3 Å². The lowest BCUT2D eigenvalue weighted by molar-refractivity contribution is 1.34. The van der Waals surface area contributed by atoms with Crippen LogP contribution in [0.3, 0.4) is 0 Å². The van der Waals surface area contributed by atoms with Crippen molar-refractivity contribution in [2.24, 2.45) is 0 Å². The van der Waals surface area contributed by atoms with Crippen LogP contribution in [0.2, 0.25) is 0 Å². The topological polar surface area (TPSA) is 23.8 Å². The molecule has 3 heteroatoms. The highest BCUT2D eigenvalue weighted by molar-refractivity contribution is 9.10. The van der Waals surface area contributed by atoms with E-state index in [0.29, 0.717) is 5.56 Å². The van der Waals surface area contributed by atoms with Crippen LogP contribution in [0.1, 0.15) is 11.1 Å². The predicted octanol–water partition coefficient (Wildman–Crippen LogP) is 5.81. The van der Waals surface area contributed by atoms with Crippen molar-refractivity contribution in [3.8, 4) is 6.07 Å². The molecule has 0 bridgehead atoms. The van der Waals surface area contributed by atoms with Gasteiger partial charge in [0.05, 0.1) is 17.8 Å². The second-order valence-corrected chi connectivity index (χ2v) is 11.2. The van der Waals surface area contributed by atoms with E-state index >= 15 is 0 Å². The SMILES string of the molecule is N#Cc1ccc(Br)c(C[P+](c2ccccc2)(c2ccccc2)c2ccccc2)c1. The minimum Gasteiger partial charge on any atom is -0.192 e. The summed E-state index contributed by atoms with van der Waals surface area (Å²) in [6.45, 7) is 0. The number of nitriles is 1. The van der Waals surface area contributed by atoms with E-state index in [9.17, 15) is 5.26 Å². The second kappa shape index (κ2) is 8.75. The Bertz CT molecular complexity index is 1040. The first kappa shape index (κ1) is 19.6. The maximum atomic E-state index is 9.45. The molecule has 0 amide bonds. The quantitative estimate of drug-likeness (QED) is 0.347. The summed E-state index contributed by atoms with van der Waals surface area (Å²) in [6, 6.07) is 40.6. The third-order valence-electron chi connectivity index (χ3n) is 5.17. The van der Waals surface area contributed by atoms with Gasteiger partial charge in [0.1, 0.15) is 23.2 Å². The Morgan fingerprint density at radius 3 is 1.52 bits per heavy atom. The molecule has 0 aliphatic rings. The molecule has 0 radical (unpaired) electrons. The van der Waals surface area contributed by atoms with Crippen molar-refractivity contribution in [3.63, 3.8) is 0 Å². The van der Waals surface area contributed by atoms with E-state index in [1.54, 1.807) is 0 Å². The van der Waals surface area contributed by atoms with Gasteiger partial charge in [0.2, 0.25) is 0 Å². The highest BCUT2D eigenvalue weighted by Gasteiger charge is 2.45. The van der Waals surface area contributed by atoms with Crippen LogP contribution >= 0.6 is 23.2 Å². The first-order valence-electron chi connectivity index (χ1n) is 9.47. The zero-order chi connectivity index (χ0) is 20.1. The molecule has 0 aliphatic carbocycles. The lowest BCUT2D eigenvalue weighted by atomic mass is 10.2. The molecule has 0 atom stereocenters. The summed E-state index contributed by atoms with van der Waals surface area (Å²) >= 11 is 3.74. The van der Waals surface area contributed by atoms with Gasteiger partial charge in [-0.3, -0.25) is 0 Å². The maximum Gasteiger partial charge on any atom is 0.116 e. The fraction of sp³-hybridized carbons (Fsp3) is 0.0385. The van der Waals surface area contributed by atoms with Crippen molar-refractivity contribution in [2.45, 2.75) is 6.16 Å². The Labute approximate surface area is 181 Å². The lowest BCUT2D eigenvalue weighted by Gasteiger charge is -2.28. The largest absolute Gasteiger partial charge is 0.192 e. The normalized spacial score (nSPS) is 11.0. The van der Waals surface area contributed by atoms with E-state index in [-0.39, 0.29) is 0 Å². The molecule has 0 aromatic heterocycles. The Balaban J connectivity index is 2.02. The predicted molar refractivity (Wildman–Crippen MR) is 128 cm³/mol. The summed E-state index contributed by atoms with van der Waals surface area (Å²) in [5.41, 5.74) is 1.85. The van der Waals surface area contributed by atoms with Crippen LogP contribution in [-0.4, -0.2) is 0 Å². The van der Waals surface area contributed by atoms with Crippen molar-refractivity contribution in [3.05, 3.63) is 125 Å². The van der Waals surface area contributed by atoms with Crippen LogP contribution in [-0.2, 0) is 6.16 Å². The molecule has 4 aromatic rings. The zero-order valence-corrected chi connectivity index (χ0v) is 18.4. The van der Waals surface area contributed by atoms with Crippen molar-refractivity contribution < 1.29 is 0 Å². The first-order chi connectivity index (χ1) is 14.2. The third kappa shape index (κ3) is 3.90. The summed E-state index contributed by atoms with van der Waals surface area (Å²) < 4.78 is 1.05. The Kier molecular flexibility index (Phi) is 5.91. The number of nitrogens with zero attached hydrogens (tertiary/aromatic N) is 1. The van der Waals surface area contributed by atoms with Gasteiger partial charge in [0.15, 0.2) is 0 Å². The van der Waals surface area contributed by atoms with Crippen molar-refractivity contribution in [2.75, 3.05) is 0 Å². The molecule has 29 heavy (non-hydrogen) atoms. The van der Waals surface area contributed by atoms with Gasteiger partial charge in [-0.05, 0) is 54.6 Å². The minimum atomic E-state index is -1.97. The molecule has 0 spiro atoms. The summed E-state index contributed by atoms with van der Waals surface area (Å²) in [6.07, 6.45) is 0.848. The summed E-state index contributed by atoms with van der Waals surface area (Å²) in [7, 11) is -1.97. The average Bonchev–Trinajstić information content (AvgIpc) is 2.80. The van der Waals surface area contributed by atoms with Gasteiger partial charge in [0, 0.05) is 10.0 Å². The van der Waals surface area contributed by atoms with Crippen LogP contribution in [0.5, 0.6) is 0 Å². The highest BCUT2D eigenvalue weighted by atomic mass is 79.9. The second-order valence-electron chi connectivity index (χ2n) is 6.89. The van der Waals surface area contributed by atoms with Crippen molar-refractivity contribution in [1.29, 1.82) is 5.26 Å². The smallest absolute Gasteiger partial charge is 0.116 e. The van der Waals surface area contributed by atoms with Gasteiger partial charge in [-0.2, -0.15) is 5.26 Å². The van der Waals surface area contributed by atoms with Crippen LogP contribution in [0.25, 0.3) is 0 Å². The van der Waals surface area contributed by atoms with Gasteiger partial charge < -0.3 is 0 Å². The molecule has 0 heterocycles. The number of hydrogen-bond donors (Lipinski definition) is 0. The molecule has 0 saturated heterocycles.